The Hall–Kier alpha value is -0.760. The minimum atomic E-state index is 0.271. The molecule has 1 heterocycles. The van der Waals surface area contributed by atoms with Crippen LogP contribution in [-0.4, -0.2) is 7.05 Å². The lowest BCUT2D eigenvalue weighted by Crippen LogP contribution is -2.23. The molecule has 2 heteroatoms. The van der Waals surface area contributed by atoms with Gasteiger partial charge in [0.2, 0.25) is 0 Å². The van der Waals surface area contributed by atoms with Crippen molar-refractivity contribution < 1.29 is 4.42 Å². The summed E-state index contributed by atoms with van der Waals surface area (Å²) in [5.74, 6) is 0. The van der Waals surface area contributed by atoms with Gasteiger partial charge >= 0.3 is 0 Å². The third-order valence-corrected chi connectivity index (χ3v) is 2.30. The summed E-state index contributed by atoms with van der Waals surface area (Å²) in [6.07, 6.45) is 6.03. The minimum Gasteiger partial charge on any atom is -0.472 e. The third-order valence-electron chi connectivity index (χ3n) is 2.30. The molecule has 1 fully saturated rings. The van der Waals surface area contributed by atoms with Crippen molar-refractivity contribution in [2.24, 2.45) is 0 Å². The summed E-state index contributed by atoms with van der Waals surface area (Å²) in [5, 5.41) is 3.29. The average molecular weight is 137 g/mol. The van der Waals surface area contributed by atoms with Crippen LogP contribution in [0.4, 0.5) is 0 Å². The van der Waals surface area contributed by atoms with Gasteiger partial charge in [-0.25, -0.2) is 0 Å². The molecule has 1 aliphatic carbocycles. The van der Waals surface area contributed by atoms with E-state index < -0.39 is 0 Å². The normalized spacial score (nSPS) is 20.9. The van der Waals surface area contributed by atoms with Gasteiger partial charge in [0.15, 0.2) is 0 Å². The van der Waals surface area contributed by atoms with Crippen molar-refractivity contribution in [1.82, 2.24) is 5.32 Å². The molecule has 0 aromatic carbocycles. The highest BCUT2D eigenvalue weighted by atomic mass is 16.3. The van der Waals surface area contributed by atoms with E-state index >= 15 is 0 Å². The Morgan fingerprint density at radius 2 is 2.40 bits per heavy atom. The molecule has 1 N–H and O–H groups in total. The number of furan rings is 1. The van der Waals surface area contributed by atoms with E-state index in [-0.39, 0.29) is 5.54 Å². The van der Waals surface area contributed by atoms with Crippen LogP contribution in [0.15, 0.2) is 23.0 Å². The van der Waals surface area contributed by atoms with Crippen molar-refractivity contribution in [3.63, 3.8) is 0 Å². The average Bonchev–Trinajstić information content (AvgIpc) is 2.58. The molecule has 2 nitrogen and oxygen atoms in total. The Labute approximate surface area is 60.2 Å². The van der Waals surface area contributed by atoms with Gasteiger partial charge < -0.3 is 9.73 Å². The zero-order valence-electron chi connectivity index (χ0n) is 6.05. The van der Waals surface area contributed by atoms with Crippen molar-refractivity contribution in [1.29, 1.82) is 0 Å². The Morgan fingerprint density at radius 3 is 2.80 bits per heavy atom. The molecule has 1 saturated carbocycles. The summed E-state index contributed by atoms with van der Waals surface area (Å²) in [6.45, 7) is 0. The standard InChI is InChI=1S/C8H11NO/c1-9-8(3-4-8)7-2-5-10-6-7/h2,5-6,9H,3-4H2,1H3. The van der Waals surface area contributed by atoms with E-state index in [4.69, 9.17) is 4.42 Å². The largest absolute Gasteiger partial charge is 0.472 e. The molecule has 0 amide bonds. The number of hydrogen-bond acceptors (Lipinski definition) is 2. The van der Waals surface area contributed by atoms with Gasteiger partial charge in [-0.15, -0.1) is 0 Å². The van der Waals surface area contributed by atoms with Crippen LogP contribution in [-0.2, 0) is 5.54 Å². The fraction of sp³-hybridized carbons (Fsp3) is 0.500. The lowest BCUT2D eigenvalue weighted by molar-refractivity contribution is 0.538. The van der Waals surface area contributed by atoms with Crippen LogP contribution in [0.3, 0.4) is 0 Å². The van der Waals surface area contributed by atoms with Crippen LogP contribution in [0.1, 0.15) is 18.4 Å². The van der Waals surface area contributed by atoms with E-state index in [1.807, 2.05) is 19.4 Å². The Kier molecular flexibility index (Phi) is 1.11. The summed E-state index contributed by atoms with van der Waals surface area (Å²) in [6, 6.07) is 2.03. The first kappa shape index (κ1) is 5.98. The molecule has 0 saturated heterocycles. The number of rotatable bonds is 2. The van der Waals surface area contributed by atoms with Gasteiger partial charge in [0.1, 0.15) is 0 Å². The molecule has 1 aliphatic rings. The summed E-state index contributed by atoms with van der Waals surface area (Å²) in [4.78, 5) is 0. The summed E-state index contributed by atoms with van der Waals surface area (Å²) in [7, 11) is 2.00. The van der Waals surface area contributed by atoms with E-state index in [2.05, 4.69) is 5.32 Å². The van der Waals surface area contributed by atoms with Gasteiger partial charge in [-0.3, -0.25) is 0 Å². The molecule has 10 heavy (non-hydrogen) atoms. The second-order valence-electron chi connectivity index (χ2n) is 2.84. The molecule has 0 unspecified atom stereocenters. The molecule has 0 radical (unpaired) electrons. The molecule has 0 bridgehead atoms. The SMILES string of the molecule is CNC1(c2ccoc2)CC1. The van der Waals surface area contributed by atoms with Gasteiger partial charge in [0.05, 0.1) is 12.5 Å². The van der Waals surface area contributed by atoms with Gasteiger partial charge in [-0.05, 0) is 26.0 Å². The molecule has 54 valence electrons. The summed E-state index contributed by atoms with van der Waals surface area (Å²) in [5.41, 5.74) is 1.56. The van der Waals surface area contributed by atoms with Gasteiger partial charge in [0, 0.05) is 11.1 Å². The van der Waals surface area contributed by atoms with E-state index in [1.165, 1.54) is 18.4 Å². The Bertz CT molecular complexity index is 211. The quantitative estimate of drug-likeness (QED) is 0.668. The topological polar surface area (TPSA) is 25.2 Å². The van der Waals surface area contributed by atoms with E-state index in [9.17, 15) is 0 Å². The molecular weight excluding hydrogens is 126 g/mol. The maximum absolute atomic E-state index is 5.00. The third kappa shape index (κ3) is 0.688. The fourth-order valence-electron chi connectivity index (χ4n) is 1.34. The molecule has 0 spiro atoms. The van der Waals surface area contributed by atoms with Crippen LogP contribution in [0.2, 0.25) is 0 Å². The number of nitrogens with one attached hydrogen (secondary N) is 1. The summed E-state index contributed by atoms with van der Waals surface area (Å²) >= 11 is 0. The highest BCUT2D eigenvalue weighted by Gasteiger charge is 2.43. The lowest BCUT2D eigenvalue weighted by atomic mass is 10.1. The highest BCUT2D eigenvalue weighted by molar-refractivity contribution is 5.25. The molecule has 1 aromatic rings. The molecule has 1 aromatic heterocycles. The van der Waals surface area contributed by atoms with Crippen LogP contribution >= 0.6 is 0 Å². The first-order valence-electron chi connectivity index (χ1n) is 3.59. The van der Waals surface area contributed by atoms with Crippen molar-refractivity contribution in [2.75, 3.05) is 7.05 Å². The predicted octanol–water partition coefficient (Wildman–Crippen LogP) is 1.49. The first-order valence-corrected chi connectivity index (χ1v) is 3.59. The van der Waals surface area contributed by atoms with Crippen molar-refractivity contribution in [3.8, 4) is 0 Å². The maximum atomic E-state index is 5.00. The zero-order valence-corrected chi connectivity index (χ0v) is 6.05. The minimum absolute atomic E-state index is 0.271. The van der Waals surface area contributed by atoms with E-state index in [0.29, 0.717) is 0 Å². The van der Waals surface area contributed by atoms with Crippen LogP contribution < -0.4 is 5.32 Å². The molecule has 2 rings (SSSR count). The second-order valence-corrected chi connectivity index (χ2v) is 2.84. The molecular formula is C8H11NO. The van der Waals surface area contributed by atoms with E-state index in [0.717, 1.165) is 0 Å². The molecule has 0 aliphatic heterocycles. The van der Waals surface area contributed by atoms with Crippen molar-refractivity contribution >= 4 is 0 Å². The fourth-order valence-corrected chi connectivity index (χ4v) is 1.34. The second kappa shape index (κ2) is 1.86. The Balaban J connectivity index is 2.27. The van der Waals surface area contributed by atoms with E-state index in [1.54, 1.807) is 6.26 Å². The Morgan fingerprint density at radius 1 is 1.60 bits per heavy atom. The van der Waals surface area contributed by atoms with Crippen molar-refractivity contribution in [2.45, 2.75) is 18.4 Å². The lowest BCUT2D eigenvalue weighted by Gasteiger charge is -2.09. The van der Waals surface area contributed by atoms with Gasteiger partial charge in [-0.2, -0.15) is 0 Å². The monoisotopic (exact) mass is 137 g/mol. The maximum Gasteiger partial charge on any atom is 0.0953 e. The first-order chi connectivity index (χ1) is 4.87. The van der Waals surface area contributed by atoms with Gasteiger partial charge in [-0.1, -0.05) is 0 Å². The van der Waals surface area contributed by atoms with Gasteiger partial charge in [0.25, 0.3) is 0 Å². The van der Waals surface area contributed by atoms with Crippen LogP contribution in [0, 0.1) is 0 Å². The molecule has 0 atom stereocenters. The smallest absolute Gasteiger partial charge is 0.0953 e. The predicted molar refractivity (Wildman–Crippen MR) is 38.7 cm³/mol. The zero-order chi connectivity index (χ0) is 7.03. The van der Waals surface area contributed by atoms with Crippen LogP contribution in [0.5, 0.6) is 0 Å². The summed E-state index contributed by atoms with van der Waals surface area (Å²) < 4.78 is 5.00. The van der Waals surface area contributed by atoms with Crippen molar-refractivity contribution in [3.05, 3.63) is 24.2 Å². The van der Waals surface area contributed by atoms with Crippen LogP contribution in [0.25, 0.3) is 0 Å². The highest BCUT2D eigenvalue weighted by Crippen LogP contribution is 2.44. The number of hydrogen-bond donors (Lipinski definition) is 1.